The van der Waals surface area contributed by atoms with Gasteiger partial charge in [-0.25, -0.2) is 14.8 Å². The van der Waals surface area contributed by atoms with Gasteiger partial charge in [0.15, 0.2) is 10.8 Å². The zero-order valence-electron chi connectivity index (χ0n) is 32.7. The number of carboxylic acid groups (broad SMARTS) is 1. The molecule has 0 bridgehead atoms. The number of ether oxygens (including phenoxy) is 1. The van der Waals surface area contributed by atoms with Gasteiger partial charge in [0.1, 0.15) is 5.82 Å². The van der Waals surface area contributed by atoms with Crippen molar-refractivity contribution in [3.63, 3.8) is 0 Å². The van der Waals surface area contributed by atoms with E-state index in [1.54, 1.807) is 6.07 Å². The number of carbonyl (C=O) groups is 2. The van der Waals surface area contributed by atoms with Crippen LogP contribution in [0.1, 0.15) is 104 Å². The second kappa shape index (κ2) is 17.0. The summed E-state index contributed by atoms with van der Waals surface area (Å²) >= 11 is 1.43. The largest absolute Gasteiger partial charge is 0.476 e. The Morgan fingerprint density at radius 3 is 2.64 bits per heavy atom. The molecule has 11 nitrogen and oxygen atoms in total. The number of hydrogen-bond acceptors (Lipinski definition) is 10. The monoisotopic (exact) mass is 765 g/mol. The number of para-hydroxylation sites is 1. The van der Waals surface area contributed by atoms with Crippen LogP contribution in [-0.4, -0.2) is 65.0 Å². The van der Waals surface area contributed by atoms with Crippen LogP contribution < -0.4 is 21.3 Å². The van der Waals surface area contributed by atoms with E-state index in [0.29, 0.717) is 78.7 Å². The molecule has 3 heterocycles. The molecule has 0 spiro atoms. The first-order chi connectivity index (χ1) is 26.4. The van der Waals surface area contributed by atoms with Crippen LogP contribution in [0.25, 0.3) is 15.8 Å². The number of allylic oxidation sites excluding steroid dienone is 2. The van der Waals surface area contributed by atoms with Gasteiger partial charge >= 0.3 is 5.97 Å². The normalized spacial score (nSPS) is 21.6. The van der Waals surface area contributed by atoms with Crippen LogP contribution in [0.15, 0.2) is 60.3 Å². The van der Waals surface area contributed by atoms with Gasteiger partial charge in [-0.2, -0.15) is 0 Å². The average molecular weight is 766 g/mol. The van der Waals surface area contributed by atoms with Gasteiger partial charge in [0, 0.05) is 54.8 Å². The number of fused-ring (bicyclic) bond motifs is 2. The number of aromatic nitrogens is 2. The molecule has 1 fully saturated rings. The van der Waals surface area contributed by atoms with Gasteiger partial charge in [0.25, 0.3) is 5.91 Å². The van der Waals surface area contributed by atoms with Gasteiger partial charge in [-0.05, 0) is 104 Å². The Balaban J connectivity index is 1.24. The number of pyridine rings is 1. The number of hydrogen-bond donors (Lipinski definition) is 5. The smallest absolute Gasteiger partial charge is 0.355 e. The van der Waals surface area contributed by atoms with E-state index in [9.17, 15) is 14.7 Å². The highest BCUT2D eigenvalue weighted by atomic mass is 32.1. The molecule has 2 aromatic heterocycles. The third-order valence-corrected chi connectivity index (χ3v) is 12.2. The van der Waals surface area contributed by atoms with Crippen molar-refractivity contribution in [2.45, 2.75) is 85.3 Å². The third kappa shape index (κ3) is 8.92. The fraction of sp³-hybridized carbons (Fsp3) is 0.465. The Morgan fingerprint density at radius 2 is 1.93 bits per heavy atom. The van der Waals surface area contributed by atoms with Gasteiger partial charge in [-0.3, -0.25) is 10.1 Å². The number of carboxylic acids is 1. The summed E-state index contributed by atoms with van der Waals surface area (Å²) in [5, 5.41) is 26.1. The number of nitrogens with one attached hydrogen (secondary N) is 3. The lowest BCUT2D eigenvalue weighted by molar-refractivity contribution is -0.121. The van der Waals surface area contributed by atoms with Crippen molar-refractivity contribution in [2.24, 2.45) is 23.0 Å². The highest BCUT2D eigenvalue weighted by molar-refractivity contribution is 7.22. The lowest BCUT2D eigenvalue weighted by Crippen LogP contribution is -2.50. The van der Waals surface area contributed by atoms with Gasteiger partial charge < -0.3 is 31.2 Å². The number of amides is 1. The number of nitrogens with zero attached hydrogens (tertiary/aromatic N) is 3. The molecule has 3 unspecified atom stereocenters. The number of thiazole rings is 1. The van der Waals surface area contributed by atoms with Gasteiger partial charge in [-0.1, -0.05) is 63.3 Å². The zero-order chi connectivity index (χ0) is 39.3. The molecule has 3 atom stereocenters. The second-order valence-electron chi connectivity index (χ2n) is 15.9. The predicted molar refractivity (Wildman–Crippen MR) is 222 cm³/mol. The second-order valence-corrected chi connectivity index (χ2v) is 17.0. The first-order valence-electron chi connectivity index (χ1n) is 19.5. The van der Waals surface area contributed by atoms with Crippen molar-refractivity contribution in [3.8, 4) is 0 Å². The summed E-state index contributed by atoms with van der Waals surface area (Å²) in [6, 6.07) is 17.1. The zero-order valence-corrected chi connectivity index (χ0v) is 33.5. The standard InChI is InChI=1S/C43H55N7O4S/c1-6-43(54-19-17-44)22-28(4)21-42(25-43,20-27(2)3)26-46-29(5)33(23-45)31-14-15-37(48-38(31)40(52)53)50-18-16-30-10-9-11-32(34(30)24-50)39(51)49-41-47-35-12-7-8-13-36(35)55-41/h7-15,23,27-28,45-46H,6,16-22,24-26,44H2,1-5H3,(H,52,53)(H,47,49,51)/b33-29+,45-23?. The number of rotatable bonds is 15. The van der Waals surface area contributed by atoms with E-state index in [2.05, 4.69) is 48.3 Å². The summed E-state index contributed by atoms with van der Waals surface area (Å²) < 4.78 is 7.49. The maximum Gasteiger partial charge on any atom is 0.355 e. The minimum atomic E-state index is -1.17. The van der Waals surface area contributed by atoms with Crippen LogP contribution >= 0.6 is 11.3 Å². The van der Waals surface area contributed by atoms with E-state index < -0.39 is 5.97 Å². The van der Waals surface area contributed by atoms with Gasteiger partial charge in [0.05, 0.1) is 22.4 Å². The molecule has 0 saturated heterocycles. The van der Waals surface area contributed by atoms with Crippen molar-refractivity contribution >= 4 is 56.2 Å². The summed E-state index contributed by atoms with van der Waals surface area (Å²) in [5.74, 6) is 0.0452. The van der Waals surface area contributed by atoms with Crippen molar-refractivity contribution in [2.75, 3.05) is 36.5 Å². The topological polar surface area (TPSA) is 167 Å². The van der Waals surface area contributed by atoms with Gasteiger partial charge in [-0.15, -0.1) is 0 Å². The fourth-order valence-corrected chi connectivity index (χ4v) is 10.0. The number of nitrogens with two attached hydrogens (primary N) is 1. The molecule has 0 radical (unpaired) electrons. The summed E-state index contributed by atoms with van der Waals surface area (Å²) in [7, 11) is 0. The number of aromatic carboxylic acids is 1. The summed E-state index contributed by atoms with van der Waals surface area (Å²) in [5.41, 5.74) is 10.4. The molecular formula is C43H55N7O4S. The fourth-order valence-electron chi connectivity index (χ4n) is 9.15. The average Bonchev–Trinajstić information content (AvgIpc) is 3.58. The van der Waals surface area contributed by atoms with Crippen molar-refractivity contribution in [1.82, 2.24) is 15.3 Å². The van der Waals surface area contributed by atoms with Crippen LogP contribution in [0.5, 0.6) is 0 Å². The number of benzene rings is 2. The molecule has 1 amide bonds. The van der Waals surface area contributed by atoms with E-state index in [-0.39, 0.29) is 22.6 Å². The van der Waals surface area contributed by atoms with E-state index >= 15 is 0 Å². The summed E-state index contributed by atoms with van der Waals surface area (Å²) in [6.07, 6.45) is 6.81. The molecule has 1 aliphatic heterocycles. The van der Waals surface area contributed by atoms with Crippen LogP contribution in [-0.2, 0) is 17.7 Å². The molecule has 2 aromatic carbocycles. The number of anilines is 2. The molecular weight excluding hydrogens is 711 g/mol. The van der Waals surface area contributed by atoms with E-state index in [4.69, 9.17) is 15.9 Å². The van der Waals surface area contributed by atoms with Crippen molar-refractivity contribution < 1.29 is 19.4 Å². The quantitative estimate of drug-likeness (QED) is 0.0751. The van der Waals surface area contributed by atoms with Crippen LogP contribution in [0.3, 0.4) is 0 Å². The SMILES string of the molecule is CCC1(OCCN)CC(C)CC(CN/C(C)=C(\C=N)c2ccc(N3CCc4cccc(C(=O)Nc5nc6ccccc6s5)c4C3)nc2C(=O)O)(CC(C)C)C1. The minimum absolute atomic E-state index is 0.0444. The maximum absolute atomic E-state index is 13.6. The number of carbonyl (C=O) groups excluding carboxylic acids is 1. The van der Waals surface area contributed by atoms with Crippen LogP contribution in [0.4, 0.5) is 10.9 Å². The first kappa shape index (κ1) is 40.0. The Kier molecular flexibility index (Phi) is 12.4. The molecule has 1 aliphatic carbocycles. The molecule has 6 rings (SSSR count). The Labute approximate surface area is 328 Å². The Hall–Kier alpha value is -4.65. The minimum Gasteiger partial charge on any atom is -0.476 e. The first-order valence-corrected chi connectivity index (χ1v) is 20.3. The molecule has 1 saturated carbocycles. The highest BCUT2D eigenvalue weighted by Gasteiger charge is 2.47. The molecule has 4 aromatic rings. The highest BCUT2D eigenvalue weighted by Crippen LogP contribution is 2.50. The van der Waals surface area contributed by atoms with E-state index in [1.165, 1.54) is 17.6 Å². The maximum atomic E-state index is 13.6. The lowest BCUT2D eigenvalue weighted by atomic mass is 9.60. The van der Waals surface area contributed by atoms with Crippen LogP contribution in [0, 0.1) is 22.7 Å². The molecule has 12 heteroatoms. The van der Waals surface area contributed by atoms with Gasteiger partial charge in [0.2, 0.25) is 0 Å². The molecule has 2 aliphatic rings. The van der Waals surface area contributed by atoms with Crippen molar-refractivity contribution in [1.29, 1.82) is 5.41 Å². The summed E-state index contributed by atoms with van der Waals surface area (Å²) in [6.45, 7) is 13.7. The molecule has 292 valence electrons. The third-order valence-electron chi connectivity index (χ3n) is 11.2. The van der Waals surface area contributed by atoms with E-state index in [0.717, 1.165) is 59.1 Å². The van der Waals surface area contributed by atoms with Crippen LogP contribution in [0.2, 0.25) is 0 Å². The van der Waals surface area contributed by atoms with Crippen molar-refractivity contribution in [3.05, 3.63) is 88.2 Å². The molecule has 55 heavy (non-hydrogen) atoms. The summed E-state index contributed by atoms with van der Waals surface area (Å²) in [4.78, 5) is 37.7. The molecule has 6 N–H and O–H groups in total. The predicted octanol–water partition coefficient (Wildman–Crippen LogP) is 8.15. The lowest BCUT2D eigenvalue weighted by Gasteiger charge is -2.51. The Bertz CT molecular complexity index is 2040. The van der Waals surface area contributed by atoms with E-state index in [1.807, 2.05) is 60.4 Å². The Morgan fingerprint density at radius 1 is 1.13 bits per heavy atom.